The van der Waals surface area contributed by atoms with E-state index in [1.165, 1.54) is 0 Å². The SMILES string of the molecule is CCCCCN1C(=O)C(C)(C2CC2)NC(=O)CC1C. The molecule has 2 fully saturated rings. The van der Waals surface area contributed by atoms with E-state index < -0.39 is 5.54 Å². The summed E-state index contributed by atoms with van der Waals surface area (Å²) in [5.74, 6) is 0.487. The van der Waals surface area contributed by atoms with Gasteiger partial charge in [-0.15, -0.1) is 0 Å². The molecule has 1 heterocycles. The normalized spacial score (nSPS) is 32.2. The minimum Gasteiger partial charge on any atom is -0.342 e. The molecule has 0 aromatic heterocycles. The molecule has 0 spiro atoms. The van der Waals surface area contributed by atoms with Gasteiger partial charge in [0.05, 0.1) is 0 Å². The highest BCUT2D eigenvalue weighted by molar-refractivity contribution is 5.94. The maximum absolute atomic E-state index is 12.8. The fourth-order valence-corrected chi connectivity index (χ4v) is 3.06. The van der Waals surface area contributed by atoms with Crippen molar-refractivity contribution in [1.29, 1.82) is 0 Å². The topological polar surface area (TPSA) is 49.4 Å². The molecule has 0 aromatic rings. The molecular formula is C15H26N2O2. The summed E-state index contributed by atoms with van der Waals surface area (Å²) in [5.41, 5.74) is -0.659. The molecular weight excluding hydrogens is 240 g/mol. The Kier molecular flexibility index (Phi) is 4.16. The first kappa shape index (κ1) is 14.4. The zero-order valence-electron chi connectivity index (χ0n) is 12.4. The molecule has 4 heteroatoms. The monoisotopic (exact) mass is 266 g/mol. The molecule has 2 atom stereocenters. The maximum atomic E-state index is 12.8. The summed E-state index contributed by atoms with van der Waals surface area (Å²) in [4.78, 5) is 26.7. The zero-order valence-corrected chi connectivity index (χ0v) is 12.4. The molecule has 1 aliphatic carbocycles. The van der Waals surface area contributed by atoms with Crippen molar-refractivity contribution in [3.8, 4) is 0 Å². The summed E-state index contributed by atoms with van der Waals surface area (Å²) >= 11 is 0. The Labute approximate surface area is 115 Å². The number of hydrogen-bond acceptors (Lipinski definition) is 2. The van der Waals surface area contributed by atoms with E-state index >= 15 is 0 Å². The van der Waals surface area contributed by atoms with Crippen LogP contribution >= 0.6 is 0 Å². The lowest BCUT2D eigenvalue weighted by Crippen LogP contribution is -2.57. The van der Waals surface area contributed by atoms with Gasteiger partial charge < -0.3 is 10.2 Å². The molecule has 2 unspecified atom stereocenters. The first-order valence-electron chi connectivity index (χ1n) is 7.61. The van der Waals surface area contributed by atoms with Crippen molar-refractivity contribution >= 4 is 11.8 Å². The second-order valence-corrected chi connectivity index (χ2v) is 6.28. The van der Waals surface area contributed by atoms with Crippen LogP contribution in [0.25, 0.3) is 0 Å². The Morgan fingerprint density at radius 3 is 2.58 bits per heavy atom. The number of nitrogens with zero attached hydrogens (tertiary/aromatic N) is 1. The average molecular weight is 266 g/mol. The zero-order chi connectivity index (χ0) is 14.0. The maximum Gasteiger partial charge on any atom is 0.248 e. The molecule has 2 amide bonds. The number of rotatable bonds is 5. The van der Waals surface area contributed by atoms with Crippen molar-refractivity contribution in [2.75, 3.05) is 6.54 Å². The average Bonchev–Trinajstić information content (AvgIpc) is 3.16. The van der Waals surface area contributed by atoms with Crippen LogP contribution in [0.15, 0.2) is 0 Å². The van der Waals surface area contributed by atoms with Gasteiger partial charge in [0.2, 0.25) is 11.8 Å². The number of amides is 2. The molecule has 2 aliphatic rings. The second-order valence-electron chi connectivity index (χ2n) is 6.28. The third-order valence-electron chi connectivity index (χ3n) is 4.51. The molecule has 1 saturated carbocycles. The summed E-state index contributed by atoms with van der Waals surface area (Å²) in [6.07, 6.45) is 5.85. The predicted octanol–water partition coefficient (Wildman–Crippen LogP) is 2.08. The van der Waals surface area contributed by atoms with Gasteiger partial charge in [-0.05, 0) is 39.0 Å². The van der Waals surface area contributed by atoms with Crippen LogP contribution in [0.3, 0.4) is 0 Å². The molecule has 4 nitrogen and oxygen atoms in total. The minimum absolute atomic E-state index is 0.0185. The Morgan fingerprint density at radius 2 is 2.00 bits per heavy atom. The highest BCUT2D eigenvalue weighted by Crippen LogP contribution is 2.41. The summed E-state index contributed by atoms with van der Waals surface area (Å²) in [6.45, 7) is 6.84. The fraction of sp³-hybridized carbons (Fsp3) is 0.867. The Hall–Kier alpha value is -1.06. The van der Waals surface area contributed by atoms with Crippen molar-refractivity contribution in [1.82, 2.24) is 10.2 Å². The predicted molar refractivity (Wildman–Crippen MR) is 74.6 cm³/mol. The van der Waals surface area contributed by atoms with Gasteiger partial charge >= 0.3 is 0 Å². The first-order valence-corrected chi connectivity index (χ1v) is 7.61. The van der Waals surface area contributed by atoms with Crippen molar-refractivity contribution in [2.24, 2.45) is 5.92 Å². The molecule has 0 aromatic carbocycles. The third kappa shape index (κ3) is 2.93. The largest absolute Gasteiger partial charge is 0.342 e. The Balaban J connectivity index is 2.14. The van der Waals surface area contributed by atoms with E-state index in [-0.39, 0.29) is 17.9 Å². The van der Waals surface area contributed by atoms with Crippen LogP contribution < -0.4 is 5.32 Å². The smallest absolute Gasteiger partial charge is 0.248 e. The van der Waals surface area contributed by atoms with Crippen LogP contribution in [0.5, 0.6) is 0 Å². The Morgan fingerprint density at radius 1 is 1.32 bits per heavy atom. The van der Waals surface area contributed by atoms with E-state index in [9.17, 15) is 9.59 Å². The summed E-state index contributed by atoms with van der Waals surface area (Å²) in [5, 5.41) is 2.99. The molecule has 2 rings (SSSR count). The second kappa shape index (κ2) is 5.51. The van der Waals surface area contributed by atoms with E-state index in [1.54, 1.807) is 0 Å². The van der Waals surface area contributed by atoms with Gasteiger partial charge in [0.25, 0.3) is 0 Å². The standard InChI is InChI=1S/C15H26N2O2/c1-4-5-6-9-17-11(2)10-13(18)16-15(3,14(17)19)12-7-8-12/h11-12H,4-10H2,1-3H3,(H,16,18). The van der Waals surface area contributed by atoms with Crippen LogP contribution in [0, 0.1) is 5.92 Å². The highest BCUT2D eigenvalue weighted by Gasteiger charge is 2.51. The summed E-state index contributed by atoms with van der Waals surface area (Å²) in [6, 6.07) is 0.0185. The van der Waals surface area contributed by atoms with Crippen molar-refractivity contribution in [2.45, 2.75) is 70.9 Å². The van der Waals surface area contributed by atoms with Crippen LogP contribution in [0.1, 0.15) is 59.3 Å². The summed E-state index contributed by atoms with van der Waals surface area (Å²) in [7, 11) is 0. The van der Waals surface area contributed by atoms with Gasteiger partial charge in [-0.1, -0.05) is 19.8 Å². The van der Waals surface area contributed by atoms with Gasteiger partial charge in [-0.25, -0.2) is 0 Å². The molecule has 1 N–H and O–H groups in total. The van der Waals surface area contributed by atoms with Gasteiger partial charge in [-0.3, -0.25) is 9.59 Å². The number of carbonyl (C=O) groups is 2. The van der Waals surface area contributed by atoms with Crippen molar-refractivity contribution in [3.05, 3.63) is 0 Å². The molecule has 19 heavy (non-hydrogen) atoms. The van der Waals surface area contributed by atoms with Crippen LogP contribution in [-0.2, 0) is 9.59 Å². The quantitative estimate of drug-likeness (QED) is 0.775. The summed E-state index contributed by atoms with van der Waals surface area (Å²) < 4.78 is 0. The number of nitrogens with one attached hydrogen (secondary N) is 1. The lowest BCUT2D eigenvalue weighted by molar-refractivity contribution is -0.140. The van der Waals surface area contributed by atoms with Crippen LogP contribution in [0.2, 0.25) is 0 Å². The van der Waals surface area contributed by atoms with E-state index in [0.29, 0.717) is 12.3 Å². The van der Waals surface area contributed by atoms with Crippen LogP contribution in [0.4, 0.5) is 0 Å². The molecule has 1 saturated heterocycles. The first-order chi connectivity index (χ1) is 8.99. The lowest BCUT2D eigenvalue weighted by atomic mass is 9.94. The van der Waals surface area contributed by atoms with E-state index in [1.807, 2.05) is 18.7 Å². The number of hydrogen-bond donors (Lipinski definition) is 1. The van der Waals surface area contributed by atoms with E-state index in [0.717, 1.165) is 38.6 Å². The van der Waals surface area contributed by atoms with Crippen LogP contribution in [-0.4, -0.2) is 34.8 Å². The minimum atomic E-state index is -0.659. The number of unbranched alkanes of at least 4 members (excludes halogenated alkanes) is 2. The molecule has 108 valence electrons. The third-order valence-corrected chi connectivity index (χ3v) is 4.51. The lowest BCUT2D eigenvalue weighted by Gasteiger charge is -2.34. The van der Waals surface area contributed by atoms with Gasteiger partial charge in [0.1, 0.15) is 5.54 Å². The van der Waals surface area contributed by atoms with Gasteiger partial charge in [-0.2, -0.15) is 0 Å². The van der Waals surface area contributed by atoms with Crippen molar-refractivity contribution in [3.63, 3.8) is 0 Å². The highest BCUT2D eigenvalue weighted by atomic mass is 16.2. The molecule has 1 aliphatic heterocycles. The van der Waals surface area contributed by atoms with Gasteiger partial charge in [0, 0.05) is 19.0 Å². The molecule has 0 bridgehead atoms. The molecule has 0 radical (unpaired) electrons. The van der Waals surface area contributed by atoms with E-state index in [4.69, 9.17) is 0 Å². The number of carbonyl (C=O) groups excluding carboxylic acids is 2. The Bertz CT molecular complexity index is 365. The fourth-order valence-electron chi connectivity index (χ4n) is 3.06. The van der Waals surface area contributed by atoms with Gasteiger partial charge in [0.15, 0.2) is 0 Å². The van der Waals surface area contributed by atoms with E-state index in [2.05, 4.69) is 12.2 Å². The van der Waals surface area contributed by atoms with Crippen molar-refractivity contribution < 1.29 is 9.59 Å².